The van der Waals surface area contributed by atoms with Crippen molar-refractivity contribution in [3.8, 4) is 0 Å². The van der Waals surface area contributed by atoms with E-state index in [2.05, 4.69) is 61.9 Å². The second kappa shape index (κ2) is 12.3. The van der Waals surface area contributed by atoms with Crippen molar-refractivity contribution in [3.05, 3.63) is 22.8 Å². The van der Waals surface area contributed by atoms with Crippen LogP contribution >= 0.6 is 30.4 Å². The molecule has 8 atom stereocenters. The van der Waals surface area contributed by atoms with Gasteiger partial charge in [0.25, 0.3) is 0 Å². The molecule has 4 fully saturated rings. The van der Waals surface area contributed by atoms with Gasteiger partial charge in [-0.25, -0.2) is 0 Å². The Kier molecular flexibility index (Phi) is 10.5. The van der Waals surface area contributed by atoms with Gasteiger partial charge in [0, 0.05) is 27.1 Å². The molecule has 4 saturated carbocycles. The van der Waals surface area contributed by atoms with Crippen LogP contribution in [0.3, 0.4) is 0 Å². The van der Waals surface area contributed by atoms with Crippen LogP contribution in [-0.4, -0.2) is 17.8 Å². The van der Waals surface area contributed by atoms with Crippen molar-refractivity contribution in [3.63, 3.8) is 0 Å². The fourth-order valence-corrected chi connectivity index (χ4v) is 9.63. The first-order valence-corrected chi connectivity index (χ1v) is 17.4. The fraction of sp³-hybridized carbons (Fsp3) is 0.867. The smallest absolute Gasteiger partial charge is 0.0679 e. The summed E-state index contributed by atoms with van der Waals surface area (Å²) in [4.78, 5) is 0. The molecule has 0 saturated heterocycles. The minimum Gasteiger partial charge on any atom is -0.393 e. The van der Waals surface area contributed by atoms with Gasteiger partial charge in [-0.2, -0.15) is 0 Å². The van der Waals surface area contributed by atoms with E-state index in [1.54, 1.807) is 5.57 Å². The average Bonchev–Trinajstić information content (AvgIpc) is 3.17. The number of hydrogen-bond acceptors (Lipinski definition) is 3. The number of aliphatic hydroxyl groups is 1. The van der Waals surface area contributed by atoms with E-state index >= 15 is 0 Å². The van der Waals surface area contributed by atoms with Gasteiger partial charge in [-0.15, -0.1) is 0 Å². The SMILES string of the molecule is CC.CC(C)=CCC/C(C)=C1/CCC2(C)C1CCC1C2CCC2C(COSI)C(O)CCC21C. The highest BCUT2D eigenvalue weighted by atomic mass is 127. The number of rotatable bonds is 6. The highest BCUT2D eigenvalue weighted by Gasteiger charge is 2.61. The zero-order chi connectivity index (χ0) is 25.1. The van der Waals surface area contributed by atoms with E-state index in [9.17, 15) is 5.11 Å². The molecule has 4 aliphatic rings. The normalized spacial score (nSPS) is 42.5. The Balaban J connectivity index is 0.00000158. The van der Waals surface area contributed by atoms with E-state index in [0.717, 1.165) is 24.2 Å². The summed E-state index contributed by atoms with van der Waals surface area (Å²) in [6.45, 7) is 16.8. The van der Waals surface area contributed by atoms with Gasteiger partial charge in [-0.1, -0.05) is 50.5 Å². The van der Waals surface area contributed by atoms with Crippen LogP contribution in [0.4, 0.5) is 0 Å². The molecule has 4 heteroatoms. The maximum absolute atomic E-state index is 10.8. The van der Waals surface area contributed by atoms with Crippen LogP contribution < -0.4 is 0 Å². The van der Waals surface area contributed by atoms with Crippen molar-refractivity contribution in [2.75, 3.05) is 6.61 Å². The lowest BCUT2D eigenvalue weighted by atomic mass is 9.42. The third-order valence-electron chi connectivity index (χ3n) is 10.6. The molecule has 0 aliphatic heterocycles. The zero-order valence-electron chi connectivity index (χ0n) is 23.0. The Labute approximate surface area is 227 Å². The number of allylic oxidation sites excluding steroid dienone is 4. The number of aliphatic hydroxyl groups excluding tert-OH is 1. The topological polar surface area (TPSA) is 29.5 Å². The summed E-state index contributed by atoms with van der Waals surface area (Å²) >= 11 is 2.21. The Bertz CT molecular complexity index is 744. The maximum atomic E-state index is 10.8. The highest BCUT2D eigenvalue weighted by Crippen LogP contribution is 2.69. The number of halogens is 1. The molecule has 0 heterocycles. The van der Waals surface area contributed by atoms with Crippen molar-refractivity contribution in [2.24, 2.45) is 40.4 Å². The Hall–Kier alpha value is 0.480. The molecule has 196 valence electrons. The Morgan fingerprint density at radius 3 is 2.32 bits per heavy atom. The second-order valence-electron chi connectivity index (χ2n) is 12.3. The lowest BCUT2D eigenvalue weighted by molar-refractivity contribution is -0.158. The Morgan fingerprint density at radius 1 is 1.00 bits per heavy atom. The summed E-state index contributed by atoms with van der Waals surface area (Å²) in [5, 5.41) is 10.8. The first kappa shape index (κ1) is 29.0. The van der Waals surface area contributed by atoms with Gasteiger partial charge < -0.3 is 9.29 Å². The van der Waals surface area contributed by atoms with Gasteiger partial charge in [-0.05, 0) is 119 Å². The van der Waals surface area contributed by atoms with Crippen molar-refractivity contribution >= 4 is 30.4 Å². The standard InChI is InChI=1S/C28H45IO2S.C2H6/c1-18(2)7-6-8-19(3)20-13-15-27(4)22(20)9-11-25-24(27)12-10-23-21(17-31-32-29)26(30)14-16-28(23,25)5;1-2/h7,21-26,30H,6,8-17H2,1-5H3;1-2H3/b20-19-;. The lowest BCUT2D eigenvalue weighted by Crippen LogP contribution is -2.57. The monoisotopic (exact) mass is 602 g/mol. The van der Waals surface area contributed by atoms with Gasteiger partial charge in [0.05, 0.1) is 21.9 Å². The van der Waals surface area contributed by atoms with Crippen LogP contribution in [0.5, 0.6) is 0 Å². The molecule has 0 aromatic heterocycles. The molecule has 0 bridgehead atoms. The summed E-state index contributed by atoms with van der Waals surface area (Å²) in [6.07, 6.45) is 15.0. The molecule has 4 rings (SSSR count). The molecule has 34 heavy (non-hydrogen) atoms. The van der Waals surface area contributed by atoms with E-state index in [4.69, 9.17) is 4.18 Å². The van der Waals surface area contributed by atoms with Crippen molar-refractivity contribution in [1.82, 2.24) is 0 Å². The molecule has 2 nitrogen and oxygen atoms in total. The van der Waals surface area contributed by atoms with E-state index in [0.29, 0.717) is 29.3 Å². The van der Waals surface area contributed by atoms with Gasteiger partial charge in [0.2, 0.25) is 0 Å². The van der Waals surface area contributed by atoms with Crippen LogP contribution in [0.15, 0.2) is 22.8 Å². The third kappa shape index (κ3) is 5.50. The predicted octanol–water partition coefficient (Wildman–Crippen LogP) is 9.72. The largest absolute Gasteiger partial charge is 0.393 e. The number of fused-ring (bicyclic) bond motifs is 5. The zero-order valence-corrected chi connectivity index (χ0v) is 25.9. The van der Waals surface area contributed by atoms with Crippen LogP contribution in [0.1, 0.15) is 113 Å². The summed E-state index contributed by atoms with van der Waals surface area (Å²) in [5.41, 5.74) is 5.85. The minimum absolute atomic E-state index is 0.176. The predicted molar refractivity (Wildman–Crippen MR) is 157 cm³/mol. The third-order valence-corrected chi connectivity index (χ3v) is 11.6. The molecule has 0 aromatic rings. The summed E-state index contributed by atoms with van der Waals surface area (Å²) in [5.74, 6) is 3.45. The summed E-state index contributed by atoms with van der Waals surface area (Å²) in [7, 11) is 1.43. The first-order valence-electron chi connectivity index (χ1n) is 14.1. The fourth-order valence-electron chi connectivity index (χ4n) is 8.98. The first-order chi connectivity index (χ1) is 16.2. The molecule has 4 aliphatic carbocycles. The van der Waals surface area contributed by atoms with Crippen LogP contribution in [0, 0.1) is 40.4 Å². The van der Waals surface area contributed by atoms with E-state index in [1.165, 1.54) is 72.6 Å². The van der Waals surface area contributed by atoms with Crippen LogP contribution in [0.25, 0.3) is 0 Å². The van der Waals surface area contributed by atoms with Gasteiger partial charge in [0.1, 0.15) is 0 Å². The lowest BCUT2D eigenvalue weighted by Gasteiger charge is -2.63. The molecule has 0 spiro atoms. The number of hydrogen-bond donors (Lipinski definition) is 1. The van der Waals surface area contributed by atoms with Crippen LogP contribution in [0.2, 0.25) is 0 Å². The van der Waals surface area contributed by atoms with Crippen molar-refractivity contribution in [1.29, 1.82) is 0 Å². The van der Waals surface area contributed by atoms with Crippen molar-refractivity contribution < 1.29 is 9.29 Å². The molecular weight excluding hydrogens is 551 g/mol. The van der Waals surface area contributed by atoms with Gasteiger partial charge in [-0.3, -0.25) is 0 Å². The van der Waals surface area contributed by atoms with E-state index < -0.39 is 0 Å². The Morgan fingerprint density at radius 2 is 1.65 bits per heavy atom. The molecule has 0 aromatic carbocycles. The second-order valence-corrected chi connectivity index (χ2v) is 13.7. The quantitative estimate of drug-likeness (QED) is 0.186. The average molecular weight is 603 g/mol. The van der Waals surface area contributed by atoms with Crippen molar-refractivity contribution in [2.45, 2.75) is 119 Å². The van der Waals surface area contributed by atoms with Gasteiger partial charge in [0.15, 0.2) is 0 Å². The highest BCUT2D eigenvalue weighted by molar-refractivity contribution is 14.2. The molecule has 0 amide bonds. The van der Waals surface area contributed by atoms with E-state index in [-0.39, 0.29) is 6.10 Å². The van der Waals surface area contributed by atoms with Gasteiger partial charge >= 0.3 is 0 Å². The summed E-state index contributed by atoms with van der Waals surface area (Å²) < 4.78 is 5.78. The molecule has 8 unspecified atom stereocenters. The molecular formula is C30H51IO2S. The maximum Gasteiger partial charge on any atom is 0.0679 e. The molecule has 1 N–H and O–H groups in total. The minimum atomic E-state index is -0.176. The molecule has 0 radical (unpaired) electrons. The summed E-state index contributed by atoms with van der Waals surface area (Å²) in [6, 6.07) is 0. The van der Waals surface area contributed by atoms with E-state index in [1.807, 2.05) is 19.4 Å². The van der Waals surface area contributed by atoms with Crippen LogP contribution in [-0.2, 0) is 4.18 Å².